The standard InChI is InChI=1S/C59H70N12O9S2/c1-35(41-21-20-38(30-60)28-48(41)73)63-54(76)47-29-40(72)33-70(47)57(78)52(59(3,4)5)66-50(74)19-10-7-11-27-82(79,80)68-55(77)51-42(44-31-62-71(36(44)2)32-37-14-8-6-9-15-37)22-23-49(65-51)69-26-24-39-16-12-17-43(45(39)34-69)53(75)67-58-64-46-18-13-25-61-56(46)81-58/h12-13,16-18,20-23,25,28,31,35,37,40,47,52,72-73H,6-11,14-15,19,24,26-27,29,32-34H2,1-5H3,(H,63,76)(H,66,74)(H,68,77)(H,64,67,75)/t35-,40-,47+,52-/m1/s1. The molecule has 0 unspecified atom stereocenters. The summed E-state index contributed by atoms with van der Waals surface area (Å²) in [5, 5.41) is 44.1. The van der Waals surface area contributed by atoms with Crippen molar-refractivity contribution in [3.05, 3.63) is 112 Å². The predicted octanol–water partition coefficient (Wildman–Crippen LogP) is 7.22. The summed E-state index contributed by atoms with van der Waals surface area (Å²) in [6.07, 6.45) is 9.26. The van der Waals surface area contributed by atoms with E-state index in [0.29, 0.717) is 62.4 Å². The summed E-state index contributed by atoms with van der Waals surface area (Å²) in [5.41, 5.74) is 4.50. The molecule has 6 N–H and O–H groups in total. The van der Waals surface area contributed by atoms with Gasteiger partial charge >= 0.3 is 0 Å². The molecule has 23 heteroatoms. The number of aromatic nitrogens is 5. The number of hydrogen-bond acceptors (Lipinski definition) is 16. The van der Waals surface area contributed by atoms with Crippen LogP contribution in [0, 0.1) is 29.6 Å². The van der Waals surface area contributed by atoms with Crippen molar-refractivity contribution in [3.8, 4) is 22.9 Å². The Morgan fingerprint density at radius 1 is 0.939 bits per heavy atom. The maximum Gasteiger partial charge on any atom is 0.284 e. The number of amides is 5. The number of hydrogen-bond donors (Lipinski definition) is 6. The molecule has 4 atom stereocenters. The fourth-order valence-electron chi connectivity index (χ4n) is 11.2. The van der Waals surface area contributed by atoms with Gasteiger partial charge in [0.2, 0.25) is 27.7 Å². The number of unbranched alkanes of at least 4 members (excludes halogenated alkanes) is 2. The Kier molecular flexibility index (Phi) is 18.0. The third-order valence-electron chi connectivity index (χ3n) is 15.7. The number of phenols is 1. The molecule has 2 aliphatic heterocycles. The number of fused-ring (bicyclic) bond motifs is 2. The van der Waals surface area contributed by atoms with E-state index < -0.39 is 69.0 Å². The number of rotatable bonds is 19. The SMILES string of the molecule is Cc1c(-c2ccc(N3CCc4cccc(C(=O)Nc5nc6cccnc6s5)c4C3)nc2C(=O)NS(=O)(=O)CCCCCC(=O)N[C@H](C(=O)N2C[C@H](O)C[C@H]2C(=O)N[C@H](C)c2ccc(C#N)cc2O)C(C)(C)C)cnn1CC1CCCCC1. The number of carbonyl (C=O) groups is 5. The molecule has 432 valence electrons. The van der Waals surface area contributed by atoms with Crippen LogP contribution in [0.4, 0.5) is 10.9 Å². The fraction of sp³-hybridized carbons (Fsp3) is 0.458. The number of aliphatic hydroxyl groups excluding tert-OH is 1. The Hall–Kier alpha value is -7.81. The summed E-state index contributed by atoms with van der Waals surface area (Å²) >= 11 is 1.28. The number of pyridine rings is 2. The minimum Gasteiger partial charge on any atom is -0.508 e. The molecular formula is C59H70N12O9S2. The second-order valence-corrected chi connectivity index (χ2v) is 25.6. The lowest BCUT2D eigenvalue weighted by Gasteiger charge is -2.35. The van der Waals surface area contributed by atoms with Crippen LogP contribution in [0.2, 0.25) is 0 Å². The van der Waals surface area contributed by atoms with Crippen LogP contribution in [-0.2, 0) is 43.9 Å². The van der Waals surface area contributed by atoms with Crippen LogP contribution in [0.1, 0.15) is 147 Å². The van der Waals surface area contributed by atoms with Gasteiger partial charge in [-0.25, -0.2) is 28.1 Å². The smallest absolute Gasteiger partial charge is 0.284 e. The third-order valence-corrected chi connectivity index (χ3v) is 17.9. The first-order chi connectivity index (χ1) is 39.2. The van der Waals surface area contributed by atoms with E-state index in [0.717, 1.165) is 36.2 Å². The van der Waals surface area contributed by atoms with Crippen LogP contribution < -0.4 is 25.6 Å². The van der Waals surface area contributed by atoms with E-state index in [1.807, 2.05) is 40.8 Å². The Morgan fingerprint density at radius 3 is 2.48 bits per heavy atom. The molecule has 5 amide bonds. The molecule has 0 bridgehead atoms. The number of sulfonamides is 1. The third kappa shape index (κ3) is 13.7. The maximum absolute atomic E-state index is 14.4. The van der Waals surface area contributed by atoms with E-state index in [-0.39, 0.29) is 68.1 Å². The highest BCUT2D eigenvalue weighted by Crippen LogP contribution is 2.35. The number of nitrogens with one attached hydrogen (secondary N) is 4. The Bertz CT molecular complexity index is 3510. The average molecular weight is 1160 g/mol. The van der Waals surface area contributed by atoms with Crippen molar-refractivity contribution in [3.63, 3.8) is 0 Å². The molecule has 21 nitrogen and oxygen atoms in total. The van der Waals surface area contributed by atoms with Gasteiger partial charge in [-0.2, -0.15) is 10.4 Å². The molecule has 3 aliphatic rings. The van der Waals surface area contributed by atoms with Gasteiger partial charge in [-0.1, -0.05) is 76.0 Å². The zero-order valence-electron chi connectivity index (χ0n) is 46.8. The quantitative estimate of drug-likeness (QED) is 0.0436. The van der Waals surface area contributed by atoms with Crippen molar-refractivity contribution in [1.82, 2.24) is 45.0 Å². The molecule has 6 heterocycles. The topological polar surface area (TPSA) is 295 Å². The summed E-state index contributed by atoms with van der Waals surface area (Å²) < 4.78 is 31.7. The van der Waals surface area contributed by atoms with Gasteiger partial charge in [-0.3, -0.25) is 34.0 Å². The Morgan fingerprint density at radius 2 is 1.73 bits per heavy atom. The van der Waals surface area contributed by atoms with Crippen molar-refractivity contribution < 1.29 is 42.6 Å². The summed E-state index contributed by atoms with van der Waals surface area (Å²) in [7, 11) is -4.24. The van der Waals surface area contributed by atoms with Gasteiger partial charge in [0.25, 0.3) is 11.8 Å². The molecule has 9 rings (SSSR count). The van der Waals surface area contributed by atoms with Gasteiger partial charge in [0, 0.05) is 73.2 Å². The number of aromatic hydroxyl groups is 1. The van der Waals surface area contributed by atoms with Gasteiger partial charge in [0.1, 0.15) is 39.7 Å². The van der Waals surface area contributed by atoms with Crippen LogP contribution in [0.5, 0.6) is 5.75 Å². The van der Waals surface area contributed by atoms with E-state index in [9.17, 15) is 47.9 Å². The molecule has 2 fully saturated rings. The summed E-state index contributed by atoms with van der Waals surface area (Å²) in [6.45, 7) is 10.3. The lowest BCUT2D eigenvalue weighted by molar-refractivity contribution is -0.144. The molecule has 82 heavy (non-hydrogen) atoms. The average Bonchev–Trinajstić information content (AvgIpc) is 4.02. The minimum absolute atomic E-state index is 0.0443. The van der Waals surface area contributed by atoms with E-state index in [4.69, 9.17) is 10.1 Å². The number of nitriles is 1. The van der Waals surface area contributed by atoms with Gasteiger partial charge in [-0.15, -0.1) is 0 Å². The van der Waals surface area contributed by atoms with Gasteiger partial charge in [-0.05, 0) is 111 Å². The maximum atomic E-state index is 14.4. The zero-order chi connectivity index (χ0) is 58.5. The highest BCUT2D eigenvalue weighted by molar-refractivity contribution is 7.90. The highest BCUT2D eigenvalue weighted by atomic mass is 32.2. The van der Waals surface area contributed by atoms with Crippen molar-refractivity contribution >= 4 is 72.2 Å². The first kappa shape index (κ1) is 58.8. The Balaban J connectivity index is 0.842. The van der Waals surface area contributed by atoms with Crippen molar-refractivity contribution in [1.29, 1.82) is 5.26 Å². The first-order valence-electron chi connectivity index (χ1n) is 27.9. The second-order valence-electron chi connectivity index (χ2n) is 22.7. The summed E-state index contributed by atoms with van der Waals surface area (Å²) in [6, 6.07) is 16.2. The number of nitrogens with zero attached hydrogens (tertiary/aromatic N) is 8. The monoisotopic (exact) mass is 1150 g/mol. The molecular weight excluding hydrogens is 1080 g/mol. The number of phenolic OH excluding ortho intramolecular Hbond substituents is 1. The van der Waals surface area contributed by atoms with E-state index >= 15 is 0 Å². The van der Waals surface area contributed by atoms with E-state index in [1.165, 1.54) is 53.7 Å². The normalized spacial score (nSPS) is 17.4. The van der Waals surface area contributed by atoms with Crippen LogP contribution >= 0.6 is 11.3 Å². The zero-order valence-corrected chi connectivity index (χ0v) is 48.4. The first-order valence-corrected chi connectivity index (χ1v) is 30.4. The number of aliphatic hydroxyl groups is 1. The van der Waals surface area contributed by atoms with Gasteiger partial charge in [0.05, 0.1) is 35.7 Å². The van der Waals surface area contributed by atoms with Gasteiger partial charge in [0.15, 0.2) is 5.13 Å². The van der Waals surface area contributed by atoms with Crippen LogP contribution in [0.25, 0.3) is 21.5 Å². The second kappa shape index (κ2) is 25.1. The molecule has 1 aliphatic carbocycles. The van der Waals surface area contributed by atoms with Crippen LogP contribution in [-0.4, -0.2) is 115 Å². The molecule has 1 saturated carbocycles. The van der Waals surface area contributed by atoms with Crippen molar-refractivity contribution in [2.75, 3.05) is 29.1 Å². The largest absolute Gasteiger partial charge is 0.508 e. The molecule has 6 aromatic rings. The van der Waals surface area contributed by atoms with Crippen molar-refractivity contribution in [2.24, 2.45) is 11.3 Å². The summed E-state index contributed by atoms with van der Waals surface area (Å²) in [4.78, 5) is 87.3. The van der Waals surface area contributed by atoms with E-state index in [1.54, 1.807) is 64.4 Å². The minimum atomic E-state index is -4.24. The fourth-order valence-corrected chi connectivity index (χ4v) is 13.1. The molecule has 1 saturated heterocycles. The number of β-amino-alcohol motifs (C(OH)–C–C–N with tert-alkyl or cyclic N) is 1. The van der Waals surface area contributed by atoms with Crippen LogP contribution in [0.15, 0.2) is 73.1 Å². The number of likely N-dealkylation sites (tertiary alicyclic amines) is 1. The lowest BCUT2D eigenvalue weighted by atomic mass is 9.85. The van der Waals surface area contributed by atoms with E-state index in [2.05, 4.69) is 30.6 Å². The highest BCUT2D eigenvalue weighted by Gasteiger charge is 2.45. The molecule has 0 spiro atoms. The van der Waals surface area contributed by atoms with Gasteiger partial charge < -0.3 is 30.6 Å². The molecule has 0 radical (unpaired) electrons. The predicted molar refractivity (Wildman–Crippen MR) is 310 cm³/mol. The number of carbonyl (C=O) groups excluding carboxylic acids is 5. The summed E-state index contributed by atoms with van der Waals surface area (Å²) in [5.74, 6) is -2.55. The number of anilines is 2. The molecule has 4 aromatic heterocycles. The number of benzene rings is 2. The van der Waals surface area contributed by atoms with Crippen LogP contribution in [0.3, 0.4) is 0 Å². The Labute approximate surface area is 481 Å². The molecule has 2 aromatic carbocycles. The number of thiazole rings is 1. The van der Waals surface area contributed by atoms with Crippen molar-refractivity contribution in [2.45, 2.75) is 143 Å². The lowest BCUT2D eigenvalue weighted by Crippen LogP contribution is -2.57.